The number of amides is 1. The van der Waals surface area contributed by atoms with E-state index in [1.807, 2.05) is 4.90 Å². The minimum Gasteiger partial charge on any atom is -0.497 e. The lowest BCUT2D eigenvalue weighted by Gasteiger charge is -2.33. The zero-order chi connectivity index (χ0) is 23.1. The summed E-state index contributed by atoms with van der Waals surface area (Å²) < 4.78 is 38.3. The molecule has 0 saturated carbocycles. The van der Waals surface area contributed by atoms with E-state index >= 15 is 0 Å². The van der Waals surface area contributed by atoms with E-state index in [0.29, 0.717) is 43.2 Å². The number of hydrogen-bond acceptors (Lipinski definition) is 7. The van der Waals surface area contributed by atoms with Crippen LogP contribution in [0.3, 0.4) is 0 Å². The van der Waals surface area contributed by atoms with E-state index in [-0.39, 0.29) is 17.3 Å². The molecular formula is C21H25BrN4O5S. The zero-order valence-electron chi connectivity index (χ0n) is 17.8. The number of nitrogens with one attached hydrogen (secondary N) is 1. The number of piperazine rings is 1. The van der Waals surface area contributed by atoms with E-state index in [4.69, 9.17) is 9.47 Å². The summed E-state index contributed by atoms with van der Waals surface area (Å²) >= 11 is 3.31. The molecule has 1 heterocycles. The number of benzene rings is 2. The van der Waals surface area contributed by atoms with Crippen LogP contribution < -0.4 is 14.9 Å². The lowest BCUT2D eigenvalue weighted by Crippen LogP contribution is -2.50. The Balaban J connectivity index is 1.49. The van der Waals surface area contributed by atoms with Gasteiger partial charge in [0.2, 0.25) is 10.0 Å². The van der Waals surface area contributed by atoms with Gasteiger partial charge in [-0.15, -0.1) is 0 Å². The molecular weight excluding hydrogens is 500 g/mol. The monoisotopic (exact) mass is 524 g/mol. The molecule has 0 spiro atoms. The van der Waals surface area contributed by atoms with Crippen LogP contribution in [0.15, 0.2) is 56.9 Å². The predicted molar refractivity (Wildman–Crippen MR) is 125 cm³/mol. The number of hydrogen-bond donors (Lipinski definition) is 1. The predicted octanol–water partition coefficient (Wildman–Crippen LogP) is 1.92. The fraction of sp³-hybridized carbons (Fsp3) is 0.333. The fourth-order valence-corrected chi connectivity index (χ4v) is 4.91. The Labute approximate surface area is 196 Å². The van der Waals surface area contributed by atoms with Crippen LogP contribution in [0.4, 0.5) is 0 Å². The average molecular weight is 525 g/mol. The SMILES string of the molecule is COc1ccc(C=NNC(=O)CN2CCN(S(=O)(=O)c3ccc(Br)cc3)CC2)c(OC)c1. The van der Waals surface area contributed by atoms with Crippen molar-refractivity contribution in [2.75, 3.05) is 46.9 Å². The summed E-state index contributed by atoms with van der Waals surface area (Å²) in [5.41, 5.74) is 3.19. The molecule has 172 valence electrons. The molecule has 1 aliphatic rings. The Morgan fingerprint density at radius 1 is 1.09 bits per heavy atom. The Morgan fingerprint density at radius 2 is 1.78 bits per heavy atom. The summed E-state index contributed by atoms with van der Waals surface area (Å²) in [7, 11) is -0.435. The van der Waals surface area contributed by atoms with Crippen molar-refractivity contribution in [1.82, 2.24) is 14.6 Å². The largest absolute Gasteiger partial charge is 0.497 e. The maximum Gasteiger partial charge on any atom is 0.254 e. The molecule has 1 amide bonds. The highest BCUT2D eigenvalue weighted by Crippen LogP contribution is 2.23. The minimum absolute atomic E-state index is 0.128. The highest BCUT2D eigenvalue weighted by molar-refractivity contribution is 9.10. The molecule has 1 saturated heterocycles. The molecule has 0 aromatic heterocycles. The summed E-state index contributed by atoms with van der Waals surface area (Å²) in [4.78, 5) is 14.4. The Hall–Kier alpha value is -2.47. The van der Waals surface area contributed by atoms with E-state index in [9.17, 15) is 13.2 Å². The zero-order valence-corrected chi connectivity index (χ0v) is 20.2. The van der Waals surface area contributed by atoms with Crippen LogP contribution in [-0.4, -0.2) is 76.7 Å². The number of methoxy groups -OCH3 is 2. The Kier molecular flexibility index (Phi) is 8.24. The van der Waals surface area contributed by atoms with Crippen molar-refractivity contribution in [2.45, 2.75) is 4.90 Å². The number of carbonyl (C=O) groups excluding carboxylic acids is 1. The first kappa shape index (κ1) is 24.2. The number of rotatable bonds is 8. The van der Waals surface area contributed by atoms with Crippen molar-refractivity contribution < 1.29 is 22.7 Å². The molecule has 11 heteroatoms. The van der Waals surface area contributed by atoms with Gasteiger partial charge in [-0.1, -0.05) is 15.9 Å². The Morgan fingerprint density at radius 3 is 2.41 bits per heavy atom. The molecule has 1 N–H and O–H groups in total. The quantitative estimate of drug-likeness (QED) is 0.418. The number of ether oxygens (including phenoxy) is 2. The highest BCUT2D eigenvalue weighted by atomic mass is 79.9. The molecule has 0 aliphatic carbocycles. The molecule has 1 fully saturated rings. The molecule has 2 aromatic rings. The van der Waals surface area contributed by atoms with Crippen molar-refractivity contribution in [2.24, 2.45) is 5.10 Å². The third-order valence-corrected chi connectivity index (χ3v) is 7.42. The van der Waals surface area contributed by atoms with E-state index in [1.165, 1.54) is 10.5 Å². The fourth-order valence-electron chi connectivity index (χ4n) is 3.22. The van der Waals surface area contributed by atoms with Crippen LogP contribution in [0.2, 0.25) is 0 Å². The third-order valence-electron chi connectivity index (χ3n) is 4.98. The van der Waals surface area contributed by atoms with Crippen molar-refractivity contribution in [3.05, 3.63) is 52.5 Å². The molecule has 3 rings (SSSR count). The first-order chi connectivity index (χ1) is 15.3. The van der Waals surface area contributed by atoms with Crippen LogP contribution in [0.5, 0.6) is 11.5 Å². The number of carbonyl (C=O) groups is 1. The van der Waals surface area contributed by atoms with Crippen molar-refractivity contribution in [3.63, 3.8) is 0 Å². The molecule has 1 aliphatic heterocycles. The summed E-state index contributed by atoms with van der Waals surface area (Å²) in [6.07, 6.45) is 1.50. The molecule has 2 aromatic carbocycles. The maximum absolute atomic E-state index is 12.8. The van der Waals surface area contributed by atoms with Gasteiger partial charge in [0.05, 0.1) is 31.9 Å². The molecule has 0 unspecified atom stereocenters. The van der Waals surface area contributed by atoms with Crippen molar-refractivity contribution in [3.8, 4) is 11.5 Å². The number of hydrazone groups is 1. The van der Waals surface area contributed by atoms with E-state index in [2.05, 4.69) is 26.5 Å². The summed E-state index contributed by atoms with van der Waals surface area (Å²) in [5.74, 6) is 0.952. The first-order valence-electron chi connectivity index (χ1n) is 9.85. The lowest BCUT2D eigenvalue weighted by atomic mass is 10.2. The van der Waals surface area contributed by atoms with Crippen molar-refractivity contribution in [1.29, 1.82) is 0 Å². The maximum atomic E-state index is 12.8. The molecule has 9 nitrogen and oxygen atoms in total. The topological polar surface area (TPSA) is 101 Å². The van der Waals surface area contributed by atoms with Gasteiger partial charge >= 0.3 is 0 Å². The average Bonchev–Trinajstić information content (AvgIpc) is 2.80. The molecule has 0 radical (unpaired) electrons. The second kappa shape index (κ2) is 10.9. The molecule has 0 bridgehead atoms. The third kappa shape index (κ3) is 6.06. The number of nitrogens with zero attached hydrogens (tertiary/aromatic N) is 3. The van der Waals surface area contributed by atoms with Crippen LogP contribution in [-0.2, 0) is 14.8 Å². The van der Waals surface area contributed by atoms with Gasteiger partial charge < -0.3 is 9.47 Å². The number of sulfonamides is 1. The molecule has 0 atom stereocenters. The van der Waals surface area contributed by atoms with Gasteiger partial charge in [-0.2, -0.15) is 9.41 Å². The number of halogens is 1. The standard InChI is InChI=1S/C21H25BrN4O5S/c1-30-18-6-3-16(20(13-18)31-2)14-23-24-21(27)15-25-9-11-26(12-10-25)32(28,29)19-7-4-17(22)5-8-19/h3-8,13-14H,9-12,15H2,1-2H3,(H,24,27). The summed E-state index contributed by atoms with van der Waals surface area (Å²) in [6.45, 7) is 1.68. The normalized spacial score (nSPS) is 15.6. The van der Waals surface area contributed by atoms with Crippen LogP contribution in [0.25, 0.3) is 0 Å². The smallest absolute Gasteiger partial charge is 0.254 e. The second-order valence-corrected chi connectivity index (χ2v) is 9.89. The van der Waals surface area contributed by atoms with Gasteiger partial charge in [0.1, 0.15) is 11.5 Å². The van der Waals surface area contributed by atoms with Gasteiger partial charge in [-0.25, -0.2) is 13.8 Å². The van der Waals surface area contributed by atoms with Crippen LogP contribution >= 0.6 is 15.9 Å². The second-order valence-electron chi connectivity index (χ2n) is 7.04. The van der Waals surface area contributed by atoms with Gasteiger partial charge in [0, 0.05) is 42.3 Å². The lowest BCUT2D eigenvalue weighted by molar-refractivity contribution is -0.122. The van der Waals surface area contributed by atoms with E-state index in [0.717, 1.165) is 4.47 Å². The van der Waals surface area contributed by atoms with Crippen LogP contribution in [0.1, 0.15) is 5.56 Å². The first-order valence-corrected chi connectivity index (χ1v) is 12.1. The van der Waals surface area contributed by atoms with Crippen LogP contribution in [0, 0.1) is 0 Å². The summed E-state index contributed by atoms with van der Waals surface area (Å²) in [6, 6.07) is 11.8. The van der Waals surface area contributed by atoms with E-state index in [1.54, 1.807) is 56.7 Å². The summed E-state index contributed by atoms with van der Waals surface area (Å²) in [5, 5.41) is 3.99. The molecule has 32 heavy (non-hydrogen) atoms. The van der Waals surface area contributed by atoms with Gasteiger partial charge in [0.25, 0.3) is 5.91 Å². The van der Waals surface area contributed by atoms with Gasteiger partial charge in [0.15, 0.2) is 0 Å². The van der Waals surface area contributed by atoms with Gasteiger partial charge in [-0.05, 0) is 36.4 Å². The minimum atomic E-state index is -3.55. The Bertz CT molecular complexity index is 1070. The van der Waals surface area contributed by atoms with E-state index < -0.39 is 10.0 Å². The van der Waals surface area contributed by atoms with Gasteiger partial charge in [-0.3, -0.25) is 9.69 Å². The van der Waals surface area contributed by atoms with Crippen molar-refractivity contribution >= 4 is 38.1 Å². The highest BCUT2D eigenvalue weighted by Gasteiger charge is 2.28.